The quantitative estimate of drug-likeness (QED) is 0.489. The van der Waals surface area contributed by atoms with Crippen LogP contribution in [0.15, 0.2) is 41.3 Å². The first kappa shape index (κ1) is 21.6. The molecule has 4 nitrogen and oxygen atoms in total. The minimum absolute atomic E-state index is 0.149. The fourth-order valence-corrected chi connectivity index (χ4v) is 4.71. The Morgan fingerprint density at radius 3 is 2.52 bits per heavy atom. The highest BCUT2D eigenvalue weighted by atomic mass is 35.5. The number of carbonyl (C=O) groups excluding carboxylic acids is 2. The second kappa shape index (κ2) is 9.11. The van der Waals surface area contributed by atoms with Crippen LogP contribution in [0.1, 0.15) is 28.7 Å². The summed E-state index contributed by atoms with van der Waals surface area (Å²) in [7, 11) is 0. The Labute approximate surface area is 185 Å². The van der Waals surface area contributed by atoms with E-state index in [0.717, 1.165) is 27.9 Å². The van der Waals surface area contributed by atoms with Crippen molar-refractivity contribution >= 4 is 63.5 Å². The van der Waals surface area contributed by atoms with Gasteiger partial charge in [-0.1, -0.05) is 71.5 Å². The lowest BCUT2D eigenvalue weighted by Gasteiger charge is -2.16. The molecule has 0 spiro atoms. The van der Waals surface area contributed by atoms with Crippen molar-refractivity contribution in [3.05, 3.63) is 68.6 Å². The zero-order valence-electron chi connectivity index (χ0n) is 16.4. The lowest BCUT2D eigenvalue weighted by atomic mass is 10.1. The molecule has 1 N–H and O–H groups in total. The molecule has 0 aliphatic carbocycles. The van der Waals surface area contributed by atoms with Crippen LogP contribution in [0.5, 0.6) is 0 Å². The molecule has 2 aromatic rings. The SMILES string of the molecule is Cc1cc(C)c(NC(=O)CCN2C(=O)/C(=C/c3ccccc3Cl)SC2=S)c(C)c1. The highest BCUT2D eigenvalue weighted by Crippen LogP contribution is 2.33. The summed E-state index contributed by atoms with van der Waals surface area (Å²) in [4.78, 5) is 27.2. The van der Waals surface area contributed by atoms with Crippen molar-refractivity contribution in [1.82, 2.24) is 4.90 Å². The van der Waals surface area contributed by atoms with Gasteiger partial charge in [0.15, 0.2) is 0 Å². The van der Waals surface area contributed by atoms with Gasteiger partial charge in [0.2, 0.25) is 5.91 Å². The van der Waals surface area contributed by atoms with Crippen molar-refractivity contribution in [3.8, 4) is 0 Å². The summed E-state index contributed by atoms with van der Waals surface area (Å²) >= 11 is 12.7. The predicted molar refractivity (Wildman–Crippen MR) is 125 cm³/mol. The maximum absolute atomic E-state index is 12.7. The summed E-state index contributed by atoms with van der Waals surface area (Å²) in [6.45, 7) is 6.20. The predicted octanol–water partition coefficient (Wildman–Crippen LogP) is 5.50. The Hall–Kier alpha value is -2.15. The molecule has 2 aromatic carbocycles. The third kappa shape index (κ3) is 5.07. The van der Waals surface area contributed by atoms with Crippen LogP contribution in [-0.4, -0.2) is 27.6 Å². The van der Waals surface area contributed by atoms with E-state index in [9.17, 15) is 9.59 Å². The number of aryl methyl sites for hydroxylation is 3. The molecule has 0 radical (unpaired) electrons. The lowest BCUT2D eigenvalue weighted by molar-refractivity contribution is -0.122. The highest BCUT2D eigenvalue weighted by molar-refractivity contribution is 8.26. The summed E-state index contributed by atoms with van der Waals surface area (Å²) in [5, 5.41) is 3.53. The van der Waals surface area contributed by atoms with E-state index < -0.39 is 0 Å². The average Bonchev–Trinajstić information content (AvgIpc) is 2.91. The minimum atomic E-state index is -0.199. The van der Waals surface area contributed by atoms with E-state index in [4.69, 9.17) is 23.8 Å². The second-order valence-electron chi connectivity index (χ2n) is 6.93. The van der Waals surface area contributed by atoms with E-state index in [1.54, 1.807) is 12.1 Å². The Kier molecular flexibility index (Phi) is 6.77. The van der Waals surface area contributed by atoms with Gasteiger partial charge in [-0.15, -0.1) is 0 Å². The smallest absolute Gasteiger partial charge is 0.266 e. The van der Waals surface area contributed by atoms with Crippen LogP contribution >= 0.6 is 35.6 Å². The molecule has 0 atom stereocenters. The van der Waals surface area contributed by atoms with E-state index in [-0.39, 0.29) is 24.8 Å². The summed E-state index contributed by atoms with van der Waals surface area (Å²) < 4.78 is 0.448. The number of rotatable bonds is 5. The molecular weight excluding hydrogens is 424 g/mol. The molecule has 150 valence electrons. The number of hydrogen-bond acceptors (Lipinski definition) is 4. The van der Waals surface area contributed by atoms with Crippen molar-refractivity contribution in [2.75, 3.05) is 11.9 Å². The molecule has 0 aromatic heterocycles. The van der Waals surface area contributed by atoms with Gasteiger partial charge in [-0.25, -0.2) is 0 Å². The van der Waals surface area contributed by atoms with Crippen molar-refractivity contribution in [1.29, 1.82) is 0 Å². The zero-order chi connectivity index (χ0) is 21.1. The maximum Gasteiger partial charge on any atom is 0.266 e. The molecular formula is C22H21ClN2O2S2. The van der Waals surface area contributed by atoms with Crippen LogP contribution in [0.2, 0.25) is 5.02 Å². The van der Waals surface area contributed by atoms with E-state index >= 15 is 0 Å². The fourth-order valence-electron chi connectivity index (χ4n) is 3.22. The first-order valence-corrected chi connectivity index (χ1v) is 10.7. The standard InChI is InChI=1S/C22H21ClN2O2S2/c1-13-10-14(2)20(15(3)11-13)24-19(26)8-9-25-21(27)18(29-22(25)28)12-16-6-4-5-7-17(16)23/h4-7,10-12H,8-9H2,1-3H3,(H,24,26)/b18-12-. The number of carbonyl (C=O) groups is 2. The number of nitrogens with one attached hydrogen (secondary N) is 1. The van der Waals surface area contributed by atoms with Crippen LogP contribution in [0.4, 0.5) is 5.69 Å². The zero-order valence-corrected chi connectivity index (χ0v) is 18.8. The van der Waals surface area contributed by atoms with Crippen LogP contribution < -0.4 is 5.32 Å². The second-order valence-corrected chi connectivity index (χ2v) is 9.01. The molecule has 0 unspecified atom stereocenters. The number of benzene rings is 2. The maximum atomic E-state index is 12.7. The fraction of sp³-hybridized carbons (Fsp3) is 0.227. The molecule has 1 heterocycles. The summed E-state index contributed by atoms with van der Waals surface area (Å²) in [5.41, 5.74) is 4.77. The number of nitrogens with zero attached hydrogens (tertiary/aromatic N) is 1. The summed E-state index contributed by atoms with van der Waals surface area (Å²) in [5.74, 6) is -0.348. The van der Waals surface area contributed by atoms with Gasteiger partial charge in [0.05, 0.1) is 4.91 Å². The number of amides is 2. The Balaban J connectivity index is 1.65. The van der Waals surface area contributed by atoms with Crippen LogP contribution in [0, 0.1) is 20.8 Å². The highest BCUT2D eigenvalue weighted by Gasteiger charge is 2.32. The van der Waals surface area contributed by atoms with Gasteiger partial charge in [0, 0.05) is 23.7 Å². The number of thioether (sulfide) groups is 1. The molecule has 2 amide bonds. The average molecular weight is 445 g/mol. The lowest BCUT2D eigenvalue weighted by Crippen LogP contribution is -2.31. The summed E-state index contributed by atoms with van der Waals surface area (Å²) in [6.07, 6.45) is 1.90. The van der Waals surface area contributed by atoms with E-state index in [0.29, 0.717) is 14.2 Å². The first-order chi connectivity index (χ1) is 13.8. The van der Waals surface area contributed by atoms with Gasteiger partial charge in [0.1, 0.15) is 4.32 Å². The molecule has 0 bridgehead atoms. The number of hydrogen-bond donors (Lipinski definition) is 1. The van der Waals surface area contributed by atoms with E-state index in [2.05, 4.69) is 5.32 Å². The van der Waals surface area contributed by atoms with Gasteiger partial charge in [0.25, 0.3) is 5.91 Å². The molecule has 1 aliphatic rings. The molecule has 3 rings (SSSR count). The van der Waals surface area contributed by atoms with Crippen molar-refractivity contribution in [2.45, 2.75) is 27.2 Å². The molecule has 0 saturated carbocycles. The third-order valence-electron chi connectivity index (χ3n) is 4.57. The number of anilines is 1. The topological polar surface area (TPSA) is 49.4 Å². The van der Waals surface area contributed by atoms with E-state index in [1.807, 2.05) is 51.1 Å². The number of thiocarbonyl (C=S) groups is 1. The first-order valence-electron chi connectivity index (χ1n) is 9.14. The molecule has 7 heteroatoms. The Bertz CT molecular complexity index is 1010. The normalized spacial score (nSPS) is 15.3. The Morgan fingerprint density at radius 2 is 1.86 bits per heavy atom. The van der Waals surface area contributed by atoms with E-state index in [1.165, 1.54) is 16.7 Å². The van der Waals surface area contributed by atoms with Crippen molar-refractivity contribution in [2.24, 2.45) is 0 Å². The van der Waals surface area contributed by atoms with Gasteiger partial charge in [-0.3, -0.25) is 14.5 Å². The summed E-state index contributed by atoms with van der Waals surface area (Å²) in [6, 6.07) is 11.4. The van der Waals surface area contributed by atoms with Gasteiger partial charge in [-0.2, -0.15) is 0 Å². The van der Waals surface area contributed by atoms with Crippen LogP contribution in [0.25, 0.3) is 6.08 Å². The van der Waals surface area contributed by atoms with Crippen LogP contribution in [-0.2, 0) is 9.59 Å². The molecule has 1 fully saturated rings. The van der Waals surface area contributed by atoms with Gasteiger partial charge < -0.3 is 5.32 Å². The molecule has 1 aliphatic heterocycles. The van der Waals surface area contributed by atoms with Gasteiger partial charge >= 0.3 is 0 Å². The van der Waals surface area contributed by atoms with Gasteiger partial charge in [-0.05, 0) is 49.6 Å². The number of halogens is 1. The van der Waals surface area contributed by atoms with Crippen LogP contribution in [0.3, 0.4) is 0 Å². The molecule has 1 saturated heterocycles. The minimum Gasteiger partial charge on any atom is -0.326 e. The molecule has 29 heavy (non-hydrogen) atoms. The third-order valence-corrected chi connectivity index (χ3v) is 6.29. The largest absolute Gasteiger partial charge is 0.326 e. The van der Waals surface area contributed by atoms with Crippen molar-refractivity contribution < 1.29 is 9.59 Å². The Morgan fingerprint density at radius 1 is 1.21 bits per heavy atom. The van der Waals surface area contributed by atoms with Crippen molar-refractivity contribution in [3.63, 3.8) is 0 Å². The monoisotopic (exact) mass is 444 g/mol.